The monoisotopic (exact) mass is 240 g/mol. The fourth-order valence-corrected chi connectivity index (χ4v) is 3.05. The lowest BCUT2D eigenvalue weighted by Gasteiger charge is -2.26. The number of unbranched alkanes of at least 4 members (excludes halogenated alkanes) is 6. The van der Waals surface area contributed by atoms with Gasteiger partial charge in [-0.25, -0.2) is 0 Å². The lowest BCUT2D eigenvalue weighted by Crippen LogP contribution is -2.27. The van der Waals surface area contributed by atoms with Crippen molar-refractivity contribution in [2.45, 2.75) is 102 Å². The second-order valence-electron chi connectivity index (χ2n) is 6.01. The molecule has 1 fully saturated rings. The summed E-state index contributed by atoms with van der Waals surface area (Å²) in [6.07, 6.45) is 17.8. The summed E-state index contributed by atoms with van der Waals surface area (Å²) in [5.41, 5.74) is -0.292. The Hall–Kier alpha value is -0.0400. The van der Waals surface area contributed by atoms with Crippen molar-refractivity contribution in [3.63, 3.8) is 0 Å². The highest BCUT2D eigenvalue weighted by atomic mass is 16.3. The fourth-order valence-electron chi connectivity index (χ4n) is 3.05. The van der Waals surface area contributed by atoms with E-state index in [-0.39, 0.29) is 5.60 Å². The van der Waals surface area contributed by atoms with Crippen LogP contribution in [0.15, 0.2) is 0 Å². The second kappa shape index (κ2) is 8.97. The Morgan fingerprint density at radius 1 is 0.765 bits per heavy atom. The molecule has 0 heterocycles. The minimum Gasteiger partial charge on any atom is -0.390 e. The molecule has 17 heavy (non-hydrogen) atoms. The summed E-state index contributed by atoms with van der Waals surface area (Å²) in [5, 5.41) is 10.5. The molecule has 1 N–H and O–H groups in total. The molecule has 102 valence electrons. The largest absolute Gasteiger partial charge is 0.390 e. The number of rotatable bonds is 8. The van der Waals surface area contributed by atoms with Crippen LogP contribution in [0.5, 0.6) is 0 Å². The van der Waals surface area contributed by atoms with Gasteiger partial charge in [-0.05, 0) is 19.3 Å². The van der Waals surface area contributed by atoms with Gasteiger partial charge in [0.25, 0.3) is 0 Å². The van der Waals surface area contributed by atoms with E-state index in [1.807, 2.05) is 0 Å². The maximum atomic E-state index is 10.5. The van der Waals surface area contributed by atoms with Crippen molar-refractivity contribution in [3.8, 4) is 0 Å². The molecule has 0 atom stereocenters. The van der Waals surface area contributed by atoms with Gasteiger partial charge in [0.2, 0.25) is 0 Å². The maximum Gasteiger partial charge on any atom is 0.0647 e. The maximum absolute atomic E-state index is 10.5. The molecule has 1 aliphatic carbocycles. The van der Waals surface area contributed by atoms with Gasteiger partial charge in [-0.15, -0.1) is 0 Å². The average Bonchev–Trinajstić information content (AvgIpc) is 2.53. The quantitative estimate of drug-likeness (QED) is 0.456. The summed E-state index contributed by atoms with van der Waals surface area (Å²) in [6.45, 7) is 2.27. The van der Waals surface area contributed by atoms with E-state index >= 15 is 0 Å². The minimum absolute atomic E-state index is 0.292. The normalized spacial score (nSPS) is 20.1. The zero-order valence-electron chi connectivity index (χ0n) is 11.8. The van der Waals surface area contributed by atoms with Crippen molar-refractivity contribution in [1.82, 2.24) is 0 Å². The first-order chi connectivity index (χ1) is 8.27. The van der Waals surface area contributed by atoms with Gasteiger partial charge >= 0.3 is 0 Å². The number of hydrogen-bond acceptors (Lipinski definition) is 1. The molecule has 0 aromatic heterocycles. The Balaban J connectivity index is 2.00. The molecule has 0 bridgehead atoms. The third-order valence-electron chi connectivity index (χ3n) is 4.28. The van der Waals surface area contributed by atoms with E-state index < -0.39 is 0 Å². The Morgan fingerprint density at radius 3 is 1.88 bits per heavy atom. The van der Waals surface area contributed by atoms with E-state index in [1.165, 1.54) is 70.6 Å². The molecule has 0 amide bonds. The molecule has 1 saturated carbocycles. The molecule has 0 saturated heterocycles. The van der Waals surface area contributed by atoms with Crippen molar-refractivity contribution >= 4 is 0 Å². The van der Waals surface area contributed by atoms with Crippen LogP contribution in [0, 0.1) is 0 Å². The van der Waals surface area contributed by atoms with Crippen LogP contribution in [0.1, 0.15) is 96.8 Å². The predicted molar refractivity (Wildman–Crippen MR) is 75.3 cm³/mol. The third kappa shape index (κ3) is 7.08. The van der Waals surface area contributed by atoms with E-state index in [0.717, 1.165) is 19.3 Å². The van der Waals surface area contributed by atoms with Crippen LogP contribution >= 0.6 is 0 Å². The van der Waals surface area contributed by atoms with Crippen LogP contribution in [0.4, 0.5) is 0 Å². The first kappa shape index (κ1) is 15.0. The smallest absolute Gasteiger partial charge is 0.0647 e. The highest BCUT2D eigenvalue weighted by Crippen LogP contribution is 2.31. The van der Waals surface area contributed by atoms with Crippen molar-refractivity contribution in [3.05, 3.63) is 0 Å². The Labute approximate surface area is 108 Å². The molecule has 1 heteroatoms. The molecule has 0 aromatic carbocycles. The van der Waals surface area contributed by atoms with Crippen LogP contribution in [-0.2, 0) is 0 Å². The van der Waals surface area contributed by atoms with E-state index in [0.29, 0.717) is 0 Å². The molecule has 1 aliphatic rings. The molecule has 0 unspecified atom stereocenters. The first-order valence-electron chi connectivity index (χ1n) is 7.99. The molecule has 1 nitrogen and oxygen atoms in total. The van der Waals surface area contributed by atoms with E-state index in [9.17, 15) is 5.11 Å². The van der Waals surface area contributed by atoms with Crippen molar-refractivity contribution in [1.29, 1.82) is 0 Å². The SMILES string of the molecule is CCCCCCCCCC1(O)CCCCCC1. The lowest BCUT2D eigenvalue weighted by atomic mass is 9.88. The topological polar surface area (TPSA) is 20.2 Å². The zero-order chi connectivity index (χ0) is 12.4. The van der Waals surface area contributed by atoms with Crippen molar-refractivity contribution < 1.29 is 5.11 Å². The highest BCUT2D eigenvalue weighted by molar-refractivity contribution is 4.80. The molecule has 0 aromatic rings. The van der Waals surface area contributed by atoms with Crippen molar-refractivity contribution in [2.75, 3.05) is 0 Å². The second-order valence-corrected chi connectivity index (χ2v) is 6.01. The molecular formula is C16H32O. The van der Waals surface area contributed by atoms with E-state index in [4.69, 9.17) is 0 Å². The van der Waals surface area contributed by atoms with Gasteiger partial charge in [-0.2, -0.15) is 0 Å². The molecule has 0 radical (unpaired) electrons. The van der Waals surface area contributed by atoms with Gasteiger partial charge in [0, 0.05) is 0 Å². The standard InChI is InChI=1S/C16H32O/c1-2-3-4-5-6-7-10-13-16(17)14-11-8-9-12-15-16/h17H,2-15H2,1H3. The van der Waals surface area contributed by atoms with E-state index in [1.54, 1.807) is 0 Å². The summed E-state index contributed by atoms with van der Waals surface area (Å²) >= 11 is 0. The summed E-state index contributed by atoms with van der Waals surface area (Å²) in [7, 11) is 0. The van der Waals surface area contributed by atoms with Gasteiger partial charge in [0.15, 0.2) is 0 Å². The predicted octanol–water partition coefficient (Wildman–Crippen LogP) is 5.21. The van der Waals surface area contributed by atoms with Crippen LogP contribution < -0.4 is 0 Å². The third-order valence-corrected chi connectivity index (χ3v) is 4.28. The van der Waals surface area contributed by atoms with E-state index in [2.05, 4.69) is 6.92 Å². The minimum atomic E-state index is -0.292. The fraction of sp³-hybridized carbons (Fsp3) is 1.00. The summed E-state index contributed by atoms with van der Waals surface area (Å²) in [6, 6.07) is 0. The van der Waals surface area contributed by atoms with Gasteiger partial charge in [0.1, 0.15) is 0 Å². The number of hydrogen-bond donors (Lipinski definition) is 1. The van der Waals surface area contributed by atoms with Crippen LogP contribution in [0.25, 0.3) is 0 Å². The molecular weight excluding hydrogens is 208 g/mol. The van der Waals surface area contributed by atoms with Crippen LogP contribution in [0.2, 0.25) is 0 Å². The van der Waals surface area contributed by atoms with Crippen molar-refractivity contribution in [2.24, 2.45) is 0 Å². The molecule has 1 rings (SSSR count). The zero-order valence-corrected chi connectivity index (χ0v) is 11.8. The summed E-state index contributed by atoms with van der Waals surface area (Å²) in [5.74, 6) is 0. The Bertz CT molecular complexity index is 168. The summed E-state index contributed by atoms with van der Waals surface area (Å²) < 4.78 is 0. The van der Waals surface area contributed by atoms with Crippen LogP contribution in [0.3, 0.4) is 0 Å². The number of aliphatic hydroxyl groups is 1. The van der Waals surface area contributed by atoms with Gasteiger partial charge in [0.05, 0.1) is 5.60 Å². The highest BCUT2D eigenvalue weighted by Gasteiger charge is 2.26. The Morgan fingerprint density at radius 2 is 1.29 bits per heavy atom. The lowest BCUT2D eigenvalue weighted by molar-refractivity contribution is 0.0140. The Kier molecular flexibility index (Phi) is 7.92. The average molecular weight is 240 g/mol. The van der Waals surface area contributed by atoms with Gasteiger partial charge in [-0.3, -0.25) is 0 Å². The van der Waals surface area contributed by atoms with Crippen LogP contribution in [-0.4, -0.2) is 10.7 Å². The molecule has 0 spiro atoms. The molecule has 0 aliphatic heterocycles. The van der Waals surface area contributed by atoms with Gasteiger partial charge in [-0.1, -0.05) is 77.6 Å². The van der Waals surface area contributed by atoms with Gasteiger partial charge < -0.3 is 5.11 Å². The first-order valence-corrected chi connectivity index (χ1v) is 7.99. The summed E-state index contributed by atoms with van der Waals surface area (Å²) in [4.78, 5) is 0.